The van der Waals surface area contributed by atoms with Gasteiger partial charge in [0.05, 0.1) is 34.2 Å². The molecule has 3 aromatic rings. The number of aliphatic imine (C=N–C) groups is 2. The number of aromatic nitrogens is 1. The number of hydrogen-bond acceptors (Lipinski definition) is 3. The van der Waals surface area contributed by atoms with Gasteiger partial charge in [-0.3, -0.25) is 9.98 Å². The maximum absolute atomic E-state index is 5.25. The van der Waals surface area contributed by atoms with Crippen LogP contribution >= 0.6 is 0 Å². The molecular formula is C36H47Br2FeN3. The number of benzene rings is 2. The molecule has 0 aliphatic heterocycles. The van der Waals surface area contributed by atoms with Crippen molar-refractivity contribution in [3.63, 3.8) is 0 Å². The van der Waals surface area contributed by atoms with Gasteiger partial charge in [0.2, 0.25) is 0 Å². The average Bonchev–Trinajstić information content (AvgIpc) is 2.88. The van der Waals surface area contributed by atoms with Crippen LogP contribution in [0, 0.1) is 0 Å². The van der Waals surface area contributed by atoms with Crippen LogP contribution in [0.1, 0.15) is 132 Å². The number of pyridine rings is 1. The predicted octanol–water partition coefficient (Wildman–Crippen LogP) is 4.59. The van der Waals surface area contributed by atoms with E-state index in [0.717, 1.165) is 40.6 Å². The van der Waals surface area contributed by atoms with Gasteiger partial charge in [-0.1, -0.05) is 97.9 Å². The molecule has 0 spiro atoms. The number of nitrogens with zero attached hydrogens (tertiary/aromatic N) is 3. The molecule has 2 aromatic carbocycles. The summed E-state index contributed by atoms with van der Waals surface area (Å²) in [5.41, 5.74) is 12.2. The van der Waals surface area contributed by atoms with Crippen LogP contribution in [0.3, 0.4) is 0 Å². The Balaban J connectivity index is 0.00000560. The van der Waals surface area contributed by atoms with E-state index in [2.05, 4.69) is 118 Å². The Morgan fingerprint density at radius 2 is 1.10 bits per heavy atom. The molecule has 42 heavy (non-hydrogen) atoms. The molecule has 0 N–H and O–H groups in total. The smallest absolute Gasteiger partial charge is 1.00 e. The van der Waals surface area contributed by atoms with Gasteiger partial charge in [0.1, 0.15) is 0 Å². The molecule has 228 valence electrons. The van der Waals surface area contributed by atoms with E-state index in [9.17, 15) is 0 Å². The summed E-state index contributed by atoms with van der Waals surface area (Å²) in [7, 11) is 0. The SMILES string of the molecule is C=CCc1ccc(C(C)C)c(/N=C(\C)c2cccc(/C(C)=N/c3c(C(C)C)cccc3C(C)C)n2)c1C(C)C.[Br-].[Br-].[Fe+2]. The summed E-state index contributed by atoms with van der Waals surface area (Å²) < 4.78 is 0. The minimum Gasteiger partial charge on any atom is -1.00 e. The second-order valence-corrected chi connectivity index (χ2v) is 11.8. The van der Waals surface area contributed by atoms with Crippen molar-refractivity contribution in [1.82, 2.24) is 4.98 Å². The fraction of sp³-hybridized carbons (Fsp3) is 0.417. The van der Waals surface area contributed by atoms with Crippen molar-refractivity contribution in [3.8, 4) is 0 Å². The Morgan fingerprint density at radius 3 is 1.52 bits per heavy atom. The number of halogens is 2. The molecule has 0 fully saturated rings. The molecule has 1 aromatic heterocycles. The summed E-state index contributed by atoms with van der Waals surface area (Å²) in [6.45, 7) is 26.0. The quantitative estimate of drug-likeness (QED) is 0.171. The van der Waals surface area contributed by atoms with Gasteiger partial charge in [0.15, 0.2) is 0 Å². The Hall–Kier alpha value is -1.85. The van der Waals surface area contributed by atoms with E-state index in [-0.39, 0.29) is 51.0 Å². The maximum atomic E-state index is 5.25. The third-order valence-electron chi connectivity index (χ3n) is 7.29. The van der Waals surface area contributed by atoms with Crippen molar-refractivity contribution >= 4 is 22.8 Å². The van der Waals surface area contributed by atoms with Crippen molar-refractivity contribution in [1.29, 1.82) is 0 Å². The molecule has 0 amide bonds. The molecule has 0 bridgehead atoms. The molecule has 0 aliphatic rings. The zero-order chi connectivity index (χ0) is 28.9. The molecular weight excluding hydrogens is 690 g/mol. The molecule has 0 aliphatic carbocycles. The Morgan fingerprint density at radius 1 is 0.667 bits per heavy atom. The van der Waals surface area contributed by atoms with Crippen molar-refractivity contribution in [2.75, 3.05) is 0 Å². The van der Waals surface area contributed by atoms with E-state index < -0.39 is 0 Å². The number of hydrogen-bond donors (Lipinski definition) is 0. The standard InChI is InChI=1S/C36H47N3.2BrH.Fe/c1-12-15-28-20-21-31(24(6)7)36(34(28)25(8)9)38-27(11)33-19-14-18-32(39-33)26(10)37-35-29(22(2)3)16-13-17-30(35)23(4)5;;;/h12-14,16-25H,1,15H2,2-11H3;2*1H;/q;;;+2/p-2/b37-26+,38-27+;;;. The second kappa shape index (κ2) is 18.1. The minimum absolute atomic E-state index is 0. The average molecular weight is 737 g/mol. The topological polar surface area (TPSA) is 37.6 Å². The third kappa shape index (κ3) is 9.58. The summed E-state index contributed by atoms with van der Waals surface area (Å²) in [6, 6.07) is 17.2. The molecule has 3 rings (SSSR count). The molecule has 1 heterocycles. The fourth-order valence-electron chi connectivity index (χ4n) is 5.16. The molecule has 0 atom stereocenters. The summed E-state index contributed by atoms with van der Waals surface area (Å²) in [6.07, 6.45) is 2.82. The van der Waals surface area contributed by atoms with Crippen molar-refractivity contribution in [3.05, 3.63) is 100 Å². The fourth-order valence-corrected chi connectivity index (χ4v) is 5.16. The molecule has 0 unspecified atom stereocenters. The zero-order valence-electron chi connectivity index (χ0n) is 26.9. The van der Waals surface area contributed by atoms with E-state index >= 15 is 0 Å². The minimum atomic E-state index is 0. The summed E-state index contributed by atoms with van der Waals surface area (Å²) in [5.74, 6) is 1.52. The van der Waals surface area contributed by atoms with Gasteiger partial charge in [0, 0.05) is 0 Å². The summed E-state index contributed by atoms with van der Waals surface area (Å²) in [4.78, 5) is 15.5. The van der Waals surface area contributed by atoms with Gasteiger partial charge < -0.3 is 34.0 Å². The van der Waals surface area contributed by atoms with Crippen LogP contribution in [0.15, 0.2) is 71.2 Å². The molecule has 0 saturated carbocycles. The summed E-state index contributed by atoms with van der Waals surface area (Å²) >= 11 is 0. The van der Waals surface area contributed by atoms with Crippen molar-refractivity contribution in [2.24, 2.45) is 9.98 Å². The molecule has 3 nitrogen and oxygen atoms in total. The van der Waals surface area contributed by atoms with Gasteiger partial charge in [-0.15, -0.1) is 6.58 Å². The second-order valence-electron chi connectivity index (χ2n) is 11.8. The van der Waals surface area contributed by atoms with Crippen LogP contribution in [0.4, 0.5) is 11.4 Å². The van der Waals surface area contributed by atoms with Gasteiger partial charge in [-0.05, 0) is 83.9 Å². The monoisotopic (exact) mass is 735 g/mol. The first-order chi connectivity index (χ1) is 18.5. The Bertz CT molecular complexity index is 1360. The van der Waals surface area contributed by atoms with E-state index in [1.807, 2.05) is 12.1 Å². The molecule has 0 saturated heterocycles. The summed E-state index contributed by atoms with van der Waals surface area (Å²) in [5, 5.41) is 0. The third-order valence-corrected chi connectivity index (χ3v) is 7.29. The van der Waals surface area contributed by atoms with Crippen molar-refractivity contribution in [2.45, 2.75) is 99.3 Å². The first-order valence-electron chi connectivity index (χ1n) is 14.4. The number of rotatable bonds is 10. The number of para-hydroxylation sites is 1. The van der Waals surface area contributed by atoms with E-state index in [1.54, 1.807) is 0 Å². The largest absolute Gasteiger partial charge is 2.00 e. The van der Waals surface area contributed by atoms with Crippen LogP contribution in [0.2, 0.25) is 0 Å². The van der Waals surface area contributed by atoms with Gasteiger partial charge in [-0.25, -0.2) is 4.98 Å². The molecule has 6 heteroatoms. The first kappa shape index (κ1) is 40.1. The van der Waals surface area contributed by atoms with E-state index in [4.69, 9.17) is 15.0 Å². The van der Waals surface area contributed by atoms with E-state index in [1.165, 1.54) is 27.8 Å². The zero-order valence-corrected chi connectivity index (χ0v) is 31.1. The van der Waals surface area contributed by atoms with Crippen LogP contribution in [-0.2, 0) is 23.5 Å². The van der Waals surface area contributed by atoms with E-state index in [0.29, 0.717) is 23.7 Å². The van der Waals surface area contributed by atoms with Crippen LogP contribution in [-0.4, -0.2) is 16.4 Å². The van der Waals surface area contributed by atoms with Crippen LogP contribution in [0.5, 0.6) is 0 Å². The Kier molecular flexibility index (Phi) is 17.3. The van der Waals surface area contributed by atoms with Crippen LogP contribution < -0.4 is 34.0 Å². The van der Waals surface area contributed by atoms with Gasteiger partial charge in [0.25, 0.3) is 0 Å². The predicted molar refractivity (Wildman–Crippen MR) is 171 cm³/mol. The Labute approximate surface area is 286 Å². The normalized spacial score (nSPS) is 11.9. The van der Waals surface area contributed by atoms with Crippen molar-refractivity contribution < 1.29 is 51.0 Å². The van der Waals surface area contributed by atoms with Crippen LogP contribution in [0.25, 0.3) is 0 Å². The maximum Gasteiger partial charge on any atom is 2.00 e. The number of allylic oxidation sites excluding steroid dienone is 1. The first-order valence-corrected chi connectivity index (χ1v) is 14.4. The molecule has 0 radical (unpaired) electrons. The van der Waals surface area contributed by atoms with Gasteiger partial charge >= 0.3 is 17.1 Å². The van der Waals surface area contributed by atoms with Gasteiger partial charge in [-0.2, -0.15) is 0 Å².